The van der Waals surface area contributed by atoms with Crippen molar-refractivity contribution < 1.29 is 24.3 Å². The number of rotatable bonds is 4. The number of ether oxygens (including phenoxy) is 2. The molecule has 0 bridgehead atoms. The van der Waals surface area contributed by atoms with Gasteiger partial charge in [0.25, 0.3) is 5.69 Å². The molecule has 0 amide bonds. The summed E-state index contributed by atoms with van der Waals surface area (Å²) in [5.74, 6) is -0.592. The zero-order valence-electron chi connectivity index (χ0n) is 10.7. The van der Waals surface area contributed by atoms with Crippen LogP contribution in [0.25, 0.3) is 0 Å². The molecule has 2 rings (SSSR count). The maximum absolute atomic E-state index is 11.5. The SMILES string of the molecule is COC(=O)c1ccc([N+](=O)[O-])c(NC2COCC2O)c1. The largest absolute Gasteiger partial charge is 0.465 e. The minimum atomic E-state index is -0.753. The normalized spacial score (nSPS) is 21.5. The number of aliphatic hydroxyl groups excluding tert-OH is 1. The van der Waals surface area contributed by atoms with Crippen molar-refractivity contribution in [2.24, 2.45) is 0 Å². The van der Waals surface area contributed by atoms with E-state index in [0.717, 1.165) is 0 Å². The predicted molar refractivity (Wildman–Crippen MR) is 68.7 cm³/mol. The fourth-order valence-electron chi connectivity index (χ4n) is 1.94. The van der Waals surface area contributed by atoms with Crippen LogP contribution in [0.4, 0.5) is 11.4 Å². The first kappa shape index (κ1) is 14.2. The van der Waals surface area contributed by atoms with Crippen molar-refractivity contribution >= 4 is 17.3 Å². The minimum absolute atomic E-state index is 0.146. The average molecular weight is 282 g/mol. The quantitative estimate of drug-likeness (QED) is 0.471. The summed E-state index contributed by atoms with van der Waals surface area (Å²) in [5.41, 5.74) is 0.151. The lowest BCUT2D eigenvalue weighted by atomic mass is 10.1. The molecule has 8 nitrogen and oxygen atoms in total. The van der Waals surface area contributed by atoms with Gasteiger partial charge in [-0.25, -0.2) is 4.79 Å². The first-order valence-electron chi connectivity index (χ1n) is 5.92. The van der Waals surface area contributed by atoms with E-state index in [1.54, 1.807) is 0 Å². The van der Waals surface area contributed by atoms with Gasteiger partial charge in [0.1, 0.15) is 5.69 Å². The van der Waals surface area contributed by atoms with Crippen LogP contribution in [0.2, 0.25) is 0 Å². The lowest BCUT2D eigenvalue weighted by Crippen LogP contribution is -2.32. The molecule has 2 N–H and O–H groups in total. The van der Waals surface area contributed by atoms with Gasteiger partial charge in [-0.3, -0.25) is 10.1 Å². The van der Waals surface area contributed by atoms with Gasteiger partial charge in [0.2, 0.25) is 0 Å². The maximum Gasteiger partial charge on any atom is 0.337 e. The third-order valence-electron chi connectivity index (χ3n) is 3.01. The number of anilines is 1. The summed E-state index contributed by atoms with van der Waals surface area (Å²) in [6.45, 7) is 0.406. The summed E-state index contributed by atoms with van der Waals surface area (Å²) in [7, 11) is 1.23. The Kier molecular flexibility index (Phi) is 4.16. The smallest absolute Gasteiger partial charge is 0.337 e. The highest BCUT2D eigenvalue weighted by Gasteiger charge is 2.28. The molecule has 0 aromatic heterocycles. The van der Waals surface area contributed by atoms with Gasteiger partial charge in [-0.15, -0.1) is 0 Å². The number of esters is 1. The highest BCUT2D eigenvalue weighted by Crippen LogP contribution is 2.27. The Balaban J connectivity index is 2.31. The van der Waals surface area contributed by atoms with Crippen molar-refractivity contribution in [2.75, 3.05) is 25.6 Å². The summed E-state index contributed by atoms with van der Waals surface area (Å²) in [6, 6.07) is 3.41. The molecule has 1 aromatic rings. The molecule has 2 atom stereocenters. The van der Waals surface area contributed by atoms with Gasteiger partial charge in [-0.1, -0.05) is 0 Å². The molecule has 108 valence electrons. The molecular weight excluding hydrogens is 268 g/mol. The number of hydrogen-bond acceptors (Lipinski definition) is 7. The van der Waals surface area contributed by atoms with Gasteiger partial charge in [0.15, 0.2) is 0 Å². The van der Waals surface area contributed by atoms with E-state index in [2.05, 4.69) is 10.1 Å². The van der Waals surface area contributed by atoms with Crippen molar-refractivity contribution in [3.05, 3.63) is 33.9 Å². The van der Waals surface area contributed by atoms with Crippen LogP contribution >= 0.6 is 0 Å². The average Bonchev–Trinajstić information content (AvgIpc) is 2.83. The van der Waals surface area contributed by atoms with E-state index < -0.39 is 23.0 Å². The van der Waals surface area contributed by atoms with Crippen LogP contribution < -0.4 is 5.32 Å². The Hall–Kier alpha value is -2.19. The monoisotopic (exact) mass is 282 g/mol. The summed E-state index contributed by atoms with van der Waals surface area (Å²) < 4.78 is 9.64. The van der Waals surface area contributed by atoms with E-state index in [0.29, 0.717) is 0 Å². The van der Waals surface area contributed by atoms with E-state index in [1.165, 1.54) is 25.3 Å². The second-order valence-electron chi connectivity index (χ2n) is 4.34. The zero-order chi connectivity index (χ0) is 14.7. The maximum atomic E-state index is 11.5. The van der Waals surface area contributed by atoms with Crippen LogP contribution in [0.1, 0.15) is 10.4 Å². The second kappa shape index (κ2) is 5.85. The van der Waals surface area contributed by atoms with E-state index in [9.17, 15) is 20.0 Å². The number of nitrogens with one attached hydrogen (secondary N) is 1. The van der Waals surface area contributed by atoms with Crippen molar-refractivity contribution in [3.8, 4) is 0 Å². The van der Waals surface area contributed by atoms with Gasteiger partial charge in [-0.05, 0) is 12.1 Å². The number of carbonyl (C=O) groups is 1. The third-order valence-corrected chi connectivity index (χ3v) is 3.01. The number of carbonyl (C=O) groups excluding carboxylic acids is 1. The minimum Gasteiger partial charge on any atom is -0.465 e. The third kappa shape index (κ3) is 2.86. The molecule has 1 aliphatic heterocycles. The van der Waals surface area contributed by atoms with Gasteiger partial charge in [-0.2, -0.15) is 0 Å². The van der Waals surface area contributed by atoms with E-state index in [-0.39, 0.29) is 30.2 Å². The number of aliphatic hydroxyl groups is 1. The fourth-order valence-corrected chi connectivity index (χ4v) is 1.94. The predicted octanol–water partition coefficient (Wildman–Crippen LogP) is 0.553. The summed E-state index contributed by atoms with van der Waals surface area (Å²) in [5, 5.41) is 23.5. The van der Waals surface area contributed by atoms with E-state index in [4.69, 9.17) is 4.74 Å². The lowest BCUT2D eigenvalue weighted by Gasteiger charge is -2.16. The van der Waals surface area contributed by atoms with Crippen molar-refractivity contribution in [3.63, 3.8) is 0 Å². The topological polar surface area (TPSA) is 111 Å². The molecule has 0 saturated carbocycles. The lowest BCUT2D eigenvalue weighted by molar-refractivity contribution is -0.384. The number of nitro groups is 1. The first-order valence-corrected chi connectivity index (χ1v) is 5.92. The number of benzene rings is 1. The Morgan fingerprint density at radius 2 is 2.30 bits per heavy atom. The van der Waals surface area contributed by atoms with E-state index >= 15 is 0 Å². The molecule has 1 fully saturated rings. The molecule has 1 aromatic carbocycles. The fraction of sp³-hybridized carbons (Fsp3) is 0.417. The Morgan fingerprint density at radius 3 is 2.85 bits per heavy atom. The highest BCUT2D eigenvalue weighted by atomic mass is 16.6. The van der Waals surface area contributed by atoms with Crippen molar-refractivity contribution in [1.82, 2.24) is 0 Å². The van der Waals surface area contributed by atoms with Crippen molar-refractivity contribution in [2.45, 2.75) is 12.1 Å². The molecule has 1 heterocycles. The molecule has 1 saturated heterocycles. The molecule has 20 heavy (non-hydrogen) atoms. The van der Waals surface area contributed by atoms with Gasteiger partial charge in [0.05, 0.1) is 43.0 Å². The zero-order valence-corrected chi connectivity index (χ0v) is 10.7. The number of nitrogens with zero attached hydrogens (tertiary/aromatic N) is 1. The van der Waals surface area contributed by atoms with Crippen LogP contribution in [0.3, 0.4) is 0 Å². The van der Waals surface area contributed by atoms with E-state index in [1.807, 2.05) is 0 Å². The van der Waals surface area contributed by atoms with Crippen LogP contribution in [0.15, 0.2) is 18.2 Å². The Labute approximate surface area is 114 Å². The summed E-state index contributed by atoms with van der Waals surface area (Å²) in [4.78, 5) is 21.9. The Bertz CT molecular complexity index is 533. The highest BCUT2D eigenvalue weighted by molar-refractivity contribution is 5.91. The van der Waals surface area contributed by atoms with Gasteiger partial charge in [0, 0.05) is 6.07 Å². The standard InChI is InChI=1S/C12H14N2O6/c1-19-12(16)7-2-3-10(14(17)18)8(4-7)13-9-5-20-6-11(9)15/h2-4,9,11,13,15H,5-6H2,1H3. The van der Waals surface area contributed by atoms with Crippen LogP contribution in [-0.4, -0.2) is 48.5 Å². The number of methoxy groups -OCH3 is 1. The van der Waals surface area contributed by atoms with Crippen LogP contribution in [0.5, 0.6) is 0 Å². The molecule has 0 aliphatic carbocycles. The number of hydrogen-bond donors (Lipinski definition) is 2. The van der Waals surface area contributed by atoms with Gasteiger partial charge >= 0.3 is 5.97 Å². The van der Waals surface area contributed by atoms with Gasteiger partial charge < -0.3 is 19.9 Å². The second-order valence-corrected chi connectivity index (χ2v) is 4.34. The molecule has 8 heteroatoms. The molecule has 0 spiro atoms. The van der Waals surface area contributed by atoms with Crippen molar-refractivity contribution in [1.29, 1.82) is 0 Å². The summed E-state index contributed by atoms with van der Waals surface area (Å²) in [6.07, 6.45) is -0.753. The molecular formula is C12H14N2O6. The van der Waals surface area contributed by atoms with Crippen LogP contribution in [-0.2, 0) is 9.47 Å². The number of nitro benzene ring substituents is 1. The molecule has 0 radical (unpaired) electrons. The summed E-state index contributed by atoms with van der Waals surface area (Å²) >= 11 is 0. The molecule has 1 aliphatic rings. The molecule has 2 unspecified atom stereocenters. The first-order chi connectivity index (χ1) is 9.52. The van der Waals surface area contributed by atoms with Crippen LogP contribution in [0, 0.1) is 10.1 Å². The Morgan fingerprint density at radius 1 is 1.55 bits per heavy atom.